The third-order valence-corrected chi connectivity index (χ3v) is 7.60. The predicted molar refractivity (Wildman–Crippen MR) is 81.8 cm³/mol. The van der Waals surface area contributed by atoms with Gasteiger partial charge in [0.1, 0.15) is 9.22 Å². The van der Waals surface area contributed by atoms with Gasteiger partial charge in [0.05, 0.1) is 11.7 Å². The van der Waals surface area contributed by atoms with Gasteiger partial charge in [-0.2, -0.15) is 0 Å². The highest BCUT2D eigenvalue weighted by Crippen LogP contribution is 2.30. The number of fused-ring (bicyclic) bond motifs is 1. The van der Waals surface area contributed by atoms with Crippen LogP contribution < -0.4 is 4.72 Å². The van der Waals surface area contributed by atoms with Crippen LogP contribution in [0.4, 0.5) is 0 Å². The lowest BCUT2D eigenvalue weighted by molar-refractivity contribution is 0.568. The quantitative estimate of drug-likeness (QED) is 0.938. The third kappa shape index (κ3) is 2.81. The Morgan fingerprint density at radius 2 is 2.15 bits per heavy atom. The van der Waals surface area contributed by atoms with Crippen LogP contribution in [0.2, 0.25) is 0 Å². The predicted octanol–water partition coefficient (Wildman–Crippen LogP) is 3.12. The first-order valence-electron chi connectivity index (χ1n) is 6.60. The maximum absolute atomic E-state index is 12.2. The van der Waals surface area contributed by atoms with Crippen molar-refractivity contribution in [3.8, 4) is 0 Å². The van der Waals surface area contributed by atoms with E-state index in [0.717, 1.165) is 17.8 Å². The number of hydrogen-bond donors (Lipinski definition) is 1. The van der Waals surface area contributed by atoms with Gasteiger partial charge in [0, 0.05) is 4.88 Å². The van der Waals surface area contributed by atoms with Gasteiger partial charge in [-0.25, -0.2) is 18.1 Å². The molecular weight excluding hydrogens is 312 g/mol. The van der Waals surface area contributed by atoms with Gasteiger partial charge in [0.25, 0.3) is 10.0 Å². The Bertz CT molecular complexity index is 666. The highest BCUT2D eigenvalue weighted by Gasteiger charge is 2.23. The van der Waals surface area contributed by atoms with Crippen LogP contribution in [0, 0.1) is 0 Å². The molecule has 1 atom stereocenters. The van der Waals surface area contributed by atoms with Gasteiger partial charge < -0.3 is 0 Å². The molecular formula is C13H16N2O2S3. The monoisotopic (exact) mass is 328 g/mol. The molecule has 0 unspecified atom stereocenters. The summed E-state index contributed by atoms with van der Waals surface area (Å²) in [6.45, 7) is 1.86. The Morgan fingerprint density at radius 3 is 2.85 bits per heavy atom. The second kappa shape index (κ2) is 5.55. The molecule has 2 aromatic rings. The van der Waals surface area contributed by atoms with Crippen LogP contribution in [0.5, 0.6) is 0 Å². The Hall–Kier alpha value is -0.760. The molecule has 2 aromatic heterocycles. The molecule has 0 fully saturated rings. The van der Waals surface area contributed by atoms with Gasteiger partial charge in [0.15, 0.2) is 0 Å². The van der Waals surface area contributed by atoms with Gasteiger partial charge in [0.2, 0.25) is 0 Å². The SMILES string of the molecule is C[C@@H](NS(=O)(=O)c1cccs1)c1nc2c(s1)CCCC2. The molecule has 0 saturated heterocycles. The average Bonchev–Trinajstić information content (AvgIpc) is 3.07. The van der Waals surface area contributed by atoms with Gasteiger partial charge in [-0.05, 0) is 44.1 Å². The molecule has 0 saturated carbocycles. The van der Waals surface area contributed by atoms with Crippen molar-refractivity contribution in [3.63, 3.8) is 0 Å². The van der Waals surface area contributed by atoms with Crippen molar-refractivity contribution in [2.45, 2.75) is 42.9 Å². The van der Waals surface area contributed by atoms with Crippen LogP contribution in [-0.2, 0) is 22.9 Å². The lowest BCUT2D eigenvalue weighted by Crippen LogP contribution is -2.26. The molecule has 0 bridgehead atoms. The van der Waals surface area contributed by atoms with Crippen molar-refractivity contribution >= 4 is 32.7 Å². The van der Waals surface area contributed by atoms with Crippen LogP contribution in [-0.4, -0.2) is 13.4 Å². The summed E-state index contributed by atoms with van der Waals surface area (Å²) in [7, 11) is -3.43. The minimum absolute atomic E-state index is 0.280. The molecule has 0 aliphatic heterocycles. The van der Waals surface area contributed by atoms with Crippen LogP contribution in [0.25, 0.3) is 0 Å². The second-order valence-electron chi connectivity index (χ2n) is 4.90. The molecule has 20 heavy (non-hydrogen) atoms. The van der Waals surface area contributed by atoms with E-state index >= 15 is 0 Å². The van der Waals surface area contributed by atoms with E-state index in [1.165, 1.54) is 34.7 Å². The molecule has 7 heteroatoms. The first-order valence-corrected chi connectivity index (χ1v) is 9.78. The molecule has 3 rings (SSSR count). The Kier molecular flexibility index (Phi) is 3.94. The van der Waals surface area contributed by atoms with Gasteiger partial charge in [-0.1, -0.05) is 6.07 Å². The van der Waals surface area contributed by atoms with E-state index in [0.29, 0.717) is 4.21 Å². The van der Waals surface area contributed by atoms with Crippen molar-refractivity contribution in [2.75, 3.05) is 0 Å². The summed E-state index contributed by atoms with van der Waals surface area (Å²) in [4.78, 5) is 5.94. The maximum atomic E-state index is 12.2. The molecule has 1 aliphatic rings. The molecule has 108 valence electrons. The van der Waals surface area contributed by atoms with E-state index in [1.54, 1.807) is 28.8 Å². The summed E-state index contributed by atoms with van der Waals surface area (Å²) in [5.41, 5.74) is 1.17. The average molecular weight is 328 g/mol. The van der Waals surface area contributed by atoms with Crippen LogP contribution in [0.1, 0.15) is 41.4 Å². The third-order valence-electron chi connectivity index (χ3n) is 3.32. The highest BCUT2D eigenvalue weighted by molar-refractivity contribution is 7.91. The fourth-order valence-corrected chi connectivity index (χ4v) is 5.76. The van der Waals surface area contributed by atoms with E-state index in [1.807, 2.05) is 6.92 Å². The minimum Gasteiger partial charge on any atom is -0.244 e. The van der Waals surface area contributed by atoms with Crippen LogP contribution >= 0.6 is 22.7 Å². The first kappa shape index (κ1) is 14.2. The Balaban J connectivity index is 1.79. The summed E-state index contributed by atoms with van der Waals surface area (Å²) in [5.74, 6) is 0. The number of sulfonamides is 1. The van der Waals surface area contributed by atoms with E-state index in [2.05, 4.69) is 9.71 Å². The number of rotatable bonds is 4. The number of thiazole rings is 1. The molecule has 2 heterocycles. The fourth-order valence-electron chi connectivity index (χ4n) is 2.31. The minimum atomic E-state index is -3.43. The van der Waals surface area contributed by atoms with Crippen molar-refractivity contribution in [1.82, 2.24) is 9.71 Å². The van der Waals surface area contributed by atoms with Gasteiger partial charge in [-0.3, -0.25) is 0 Å². The molecule has 0 amide bonds. The zero-order valence-corrected chi connectivity index (χ0v) is 13.6. The Morgan fingerprint density at radius 1 is 1.35 bits per heavy atom. The van der Waals surface area contributed by atoms with Crippen molar-refractivity contribution < 1.29 is 8.42 Å². The zero-order chi connectivity index (χ0) is 14.2. The number of aromatic nitrogens is 1. The zero-order valence-electron chi connectivity index (χ0n) is 11.1. The fraction of sp³-hybridized carbons (Fsp3) is 0.462. The van der Waals surface area contributed by atoms with Gasteiger partial charge >= 0.3 is 0 Å². The summed E-state index contributed by atoms with van der Waals surface area (Å²) >= 11 is 2.87. The molecule has 4 nitrogen and oxygen atoms in total. The molecule has 1 N–H and O–H groups in total. The van der Waals surface area contributed by atoms with Crippen LogP contribution in [0.15, 0.2) is 21.7 Å². The smallest absolute Gasteiger partial charge is 0.244 e. The van der Waals surface area contributed by atoms with E-state index in [9.17, 15) is 8.42 Å². The lowest BCUT2D eigenvalue weighted by Gasteiger charge is -2.10. The van der Waals surface area contributed by atoms with Crippen molar-refractivity contribution in [1.29, 1.82) is 0 Å². The molecule has 1 aliphatic carbocycles. The van der Waals surface area contributed by atoms with E-state index < -0.39 is 10.0 Å². The lowest BCUT2D eigenvalue weighted by atomic mass is 10.0. The van der Waals surface area contributed by atoms with Crippen LogP contribution in [0.3, 0.4) is 0 Å². The van der Waals surface area contributed by atoms with E-state index in [4.69, 9.17) is 0 Å². The summed E-state index contributed by atoms with van der Waals surface area (Å²) in [5, 5.41) is 2.64. The second-order valence-corrected chi connectivity index (χ2v) is 8.91. The normalized spacial score (nSPS) is 16.9. The summed E-state index contributed by atoms with van der Waals surface area (Å²) in [6, 6.07) is 3.08. The Labute approximate surface area is 126 Å². The molecule has 0 radical (unpaired) electrons. The number of hydrogen-bond acceptors (Lipinski definition) is 5. The summed E-state index contributed by atoms with van der Waals surface area (Å²) < 4.78 is 27.5. The first-order chi connectivity index (χ1) is 9.56. The van der Waals surface area contributed by atoms with Crippen molar-refractivity contribution in [2.24, 2.45) is 0 Å². The molecule has 0 spiro atoms. The highest BCUT2D eigenvalue weighted by atomic mass is 32.2. The van der Waals surface area contributed by atoms with E-state index in [-0.39, 0.29) is 6.04 Å². The van der Waals surface area contributed by atoms with Crippen molar-refractivity contribution in [3.05, 3.63) is 33.1 Å². The standard InChI is InChI=1S/C13H16N2O2S3/c1-9(15-20(16,17)12-7-4-8-18-12)13-14-10-5-2-3-6-11(10)19-13/h4,7-9,15H,2-3,5-6H2,1H3/t9-/m1/s1. The number of aryl methyl sites for hydroxylation is 2. The topological polar surface area (TPSA) is 59.1 Å². The number of nitrogens with one attached hydrogen (secondary N) is 1. The van der Waals surface area contributed by atoms with Gasteiger partial charge in [-0.15, -0.1) is 22.7 Å². The summed E-state index contributed by atoms with van der Waals surface area (Å²) in [6.07, 6.45) is 4.50. The molecule has 0 aromatic carbocycles. The largest absolute Gasteiger partial charge is 0.250 e. The number of nitrogens with zero attached hydrogens (tertiary/aromatic N) is 1. The maximum Gasteiger partial charge on any atom is 0.250 e. The number of thiophene rings is 1.